The number of sulfonamides is 1. The van der Waals surface area contributed by atoms with Gasteiger partial charge < -0.3 is 4.74 Å². The van der Waals surface area contributed by atoms with Crippen LogP contribution in [0.25, 0.3) is 0 Å². The van der Waals surface area contributed by atoms with Crippen molar-refractivity contribution in [2.24, 2.45) is 5.14 Å². The topological polar surface area (TPSA) is 69.4 Å². The maximum Gasteiger partial charge on any atom is 0.387 e. The van der Waals surface area contributed by atoms with Crippen LogP contribution in [0.1, 0.15) is 0 Å². The summed E-state index contributed by atoms with van der Waals surface area (Å²) in [6, 6.07) is 1.62. The van der Waals surface area contributed by atoms with Gasteiger partial charge in [-0.05, 0) is 28.1 Å². The largest absolute Gasteiger partial charge is 0.434 e. The molecule has 1 aromatic carbocycles. The Balaban J connectivity index is 3.29. The third-order valence-electron chi connectivity index (χ3n) is 1.53. The van der Waals surface area contributed by atoms with Crippen LogP contribution in [0.2, 0.25) is 0 Å². The second-order valence-corrected chi connectivity index (χ2v) is 4.94. The van der Waals surface area contributed by atoms with Crippen LogP contribution >= 0.6 is 15.9 Å². The highest BCUT2D eigenvalue weighted by Gasteiger charge is 2.21. The highest BCUT2D eigenvalue weighted by molar-refractivity contribution is 9.10. The van der Waals surface area contributed by atoms with Gasteiger partial charge in [0.15, 0.2) is 5.82 Å². The first kappa shape index (κ1) is 13.3. The molecule has 0 heterocycles. The summed E-state index contributed by atoms with van der Waals surface area (Å²) in [5.41, 5.74) is 0. The minimum atomic E-state index is -4.25. The first-order valence-corrected chi connectivity index (χ1v) is 6.03. The van der Waals surface area contributed by atoms with Crippen LogP contribution in [-0.2, 0) is 10.0 Å². The van der Waals surface area contributed by atoms with Crippen molar-refractivity contribution in [3.8, 4) is 5.75 Å². The Morgan fingerprint density at radius 1 is 1.38 bits per heavy atom. The highest BCUT2D eigenvalue weighted by Crippen LogP contribution is 2.32. The van der Waals surface area contributed by atoms with E-state index in [0.717, 1.165) is 12.1 Å². The first-order chi connectivity index (χ1) is 7.23. The molecule has 0 atom stereocenters. The van der Waals surface area contributed by atoms with Gasteiger partial charge in [-0.2, -0.15) is 8.78 Å². The summed E-state index contributed by atoms with van der Waals surface area (Å²) in [5, 5.41) is 4.70. The summed E-state index contributed by atoms with van der Waals surface area (Å²) in [7, 11) is -4.25. The molecule has 0 aliphatic heterocycles. The number of nitrogens with two attached hydrogens (primary N) is 1. The second-order valence-electron chi connectivity index (χ2n) is 2.61. The molecule has 2 N–H and O–H groups in total. The number of ether oxygens (including phenoxy) is 1. The Kier molecular flexibility index (Phi) is 3.81. The number of benzene rings is 1. The fourth-order valence-electron chi connectivity index (χ4n) is 0.921. The molecule has 0 spiro atoms. The van der Waals surface area contributed by atoms with E-state index in [0.29, 0.717) is 0 Å². The van der Waals surface area contributed by atoms with E-state index in [1.807, 2.05) is 0 Å². The van der Waals surface area contributed by atoms with Crippen molar-refractivity contribution < 1.29 is 26.3 Å². The van der Waals surface area contributed by atoms with Crippen LogP contribution in [-0.4, -0.2) is 15.0 Å². The van der Waals surface area contributed by atoms with Gasteiger partial charge >= 0.3 is 6.61 Å². The zero-order valence-corrected chi connectivity index (χ0v) is 9.86. The fourth-order valence-corrected chi connectivity index (χ4v) is 2.10. The van der Waals surface area contributed by atoms with E-state index in [4.69, 9.17) is 5.14 Å². The molecule has 90 valence electrons. The molecular weight excluding hydrogens is 315 g/mol. The predicted molar refractivity (Wildman–Crippen MR) is 52.1 cm³/mol. The van der Waals surface area contributed by atoms with Crippen LogP contribution in [0, 0.1) is 5.82 Å². The molecule has 0 aromatic heterocycles. The van der Waals surface area contributed by atoms with Crippen molar-refractivity contribution >= 4 is 26.0 Å². The molecule has 0 radical (unpaired) electrons. The maximum atomic E-state index is 13.4. The average Bonchev–Trinajstić information content (AvgIpc) is 2.10. The molecule has 1 aromatic rings. The zero-order valence-electron chi connectivity index (χ0n) is 7.45. The molecule has 9 heteroatoms. The summed E-state index contributed by atoms with van der Waals surface area (Å²) >= 11 is 2.60. The zero-order chi connectivity index (χ0) is 12.5. The Hall–Kier alpha value is -0.800. The van der Waals surface area contributed by atoms with Crippen molar-refractivity contribution in [2.75, 3.05) is 0 Å². The Labute approximate surface area is 97.4 Å². The van der Waals surface area contributed by atoms with Crippen LogP contribution < -0.4 is 9.88 Å². The lowest BCUT2D eigenvalue weighted by atomic mass is 10.3. The molecule has 0 bridgehead atoms. The second kappa shape index (κ2) is 4.60. The molecule has 0 saturated carbocycles. The normalized spacial score (nSPS) is 11.9. The summed E-state index contributed by atoms with van der Waals surface area (Å²) in [5.74, 6) is -1.79. The number of alkyl halides is 2. The number of hydrogen-bond donors (Lipinski definition) is 1. The molecule has 0 amide bonds. The summed E-state index contributed by atoms with van der Waals surface area (Å²) in [4.78, 5) is -0.805. The summed E-state index contributed by atoms with van der Waals surface area (Å²) in [6.45, 7) is -3.14. The summed E-state index contributed by atoms with van der Waals surface area (Å²) < 4.78 is 62.2. The van der Waals surface area contributed by atoms with E-state index in [9.17, 15) is 21.6 Å². The van der Waals surface area contributed by atoms with Gasteiger partial charge in [0.2, 0.25) is 10.0 Å². The van der Waals surface area contributed by atoms with Crippen molar-refractivity contribution in [2.45, 2.75) is 11.5 Å². The number of rotatable bonds is 3. The molecule has 4 nitrogen and oxygen atoms in total. The fraction of sp³-hybridized carbons (Fsp3) is 0.143. The lowest BCUT2D eigenvalue weighted by Crippen LogP contribution is -2.14. The average molecular weight is 320 g/mol. The number of halogens is 4. The Morgan fingerprint density at radius 3 is 2.38 bits per heavy atom. The van der Waals surface area contributed by atoms with E-state index in [1.54, 1.807) is 0 Å². The van der Waals surface area contributed by atoms with Gasteiger partial charge in [-0.25, -0.2) is 17.9 Å². The van der Waals surface area contributed by atoms with Crippen molar-refractivity contribution in [3.63, 3.8) is 0 Å². The highest BCUT2D eigenvalue weighted by atomic mass is 79.9. The van der Waals surface area contributed by atoms with E-state index < -0.39 is 37.6 Å². The monoisotopic (exact) mass is 319 g/mol. The standard InChI is InChI=1S/C7H5BrF3NO3S/c8-5-3(15-7(10)11)1-2-4(6(5)9)16(12,13)14/h1-2,7H,(H2,12,13,14). The Morgan fingerprint density at radius 2 is 1.94 bits per heavy atom. The molecule has 0 saturated heterocycles. The van der Waals surface area contributed by atoms with Crippen LogP contribution in [0.15, 0.2) is 21.5 Å². The molecule has 16 heavy (non-hydrogen) atoms. The maximum absolute atomic E-state index is 13.4. The third kappa shape index (κ3) is 2.86. The molecule has 0 unspecified atom stereocenters. The van der Waals surface area contributed by atoms with Crippen LogP contribution in [0.3, 0.4) is 0 Å². The quantitative estimate of drug-likeness (QED) is 0.924. The third-order valence-corrected chi connectivity index (χ3v) is 3.20. The van der Waals surface area contributed by atoms with E-state index in [2.05, 4.69) is 20.7 Å². The molecule has 0 aliphatic carbocycles. The van der Waals surface area contributed by atoms with Crippen LogP contribution in [0.5, 0.6) is 5.75 Å². The number of hydrogen-bond acceptors (Lipinski definition) is 3. The predicted octanol–water partition coefficient (Wildman–Crippen LogP) is 1.84. The van der Waals surface area contributed by atoms with Crippen molar-refractivity contribution in [1.29, 1.82) is 0 Å². The van der Waals surface area contributed by atoms with E-state index >= 15 is 0 Å². The van der Waals surface area contributed by atoms with Gasteiger partial charge in [0.25, 0.3) is 0 Å². The van der Waals surface area contributed by atoms with Crippen molar-refractivity contribution in [1.82, 2.24) is 0 Å². The lowest BCUT2D eigenvalue weighted by molar-refractivity contribution is -0.0505. The van der Waals surface area contributed by atoms with E-state index in [1.165, 1.54) is 0 Å². The molecule has 0 fully saturated rings. The van der Waals surface area contributed by atoms with Gasteiger partial charge in [0.05, 0.1) is 4.47 Å². The minimum absolute atomic E-state index is 0.514. The van der Waals surface area contributed by atoms with E-state index in [-0.39, 0.29) is 0 Å². The summed E-state index contributed by atoms with van der Waals surface area (Å²) in [6.07, 6.45) is 0. The molecule has 0 aliphatic rings. The van der Waals surface area contributed by atoms with Crippen molar-refractivity contribution in [3.05, 3.63) is 22.4 Å². The smallest absolute Gasteiger partial charge is 0.387 e. The van der Waals surface area contributed by atoms with Gasteiger partial charge in [-0.15, -0.1) is 0 Å². The van der Waals surface area contributed by atoms with Gasteiger partial charge in [-0.3, -0.25) is 0 Å². The molecule has 1 rings (SSSR count). The van der Waals surface area contributed by atoms with Gasteiger partial charge in [0, 0.05) is 0 Å². The van der Waals surface area contributed by atoms with Gasteiger partial charge in [0.1, 0.15) is 10.6 Å². The van der Waals surface area contributed by atoms with Crippen LogP contribution in [0.4, 0.5) is 13.2 Å². The van der Waals surface area contributed by atoms with Gasteiger partial charge in [-0.1, -0.05) is 0 Å². The SMILES string of the molecule is NS(=O)(=O)c1ccc(OC(F)F)c(Br)c1F. The first-order valence-electron chi connectivity index (χ1n) is 3.69. The molecular formula is C7H5BrF3NO3S. The Bertz CT molecular complexity index is 506. The minimum Gasteiger partial charge on any atom is -0.434 e. The number of primary sulfonamides is 1. The lowest BCUT2D eigenvalue weighted by Gasteiger charge is -2.09.